The molecule has 2 nitrogen and oxygen atoms in total. The number of aldehydes is 1. The van der Waals surface area contributed by atoms with Crippen molar-refractivity contribution in [2.24, 2.45) is 29.1 Å². The second-order valence-corrected chi connectivity index (χ2v) is 7.84. The number of carbonyl (C=O) groups excluding carboxylic acids is 1. The summed E-state index contributed by atoms with van der Waals surface area (Å²) >= 11 is 0. The van der Waals surface area contributed by atoms with E-state index in [4.69, 9.17) is 4.42 Å². The second kappa shape index (κ2) is 4.12. The quantitative estimate of drug-likeness (QED) is 0.714. The van der Waals surface area contributed by atoms with Crippen LogP contribution in [0.1, 0.15) is 55.8 Å². The highest BCUT2D eigenvalue weighted by atomic mass is 16.3. The summed E-state index contributed by atoms with van der Waals surface area (Å²) < 4.78 is 5.60. The van der Waals surface area contributed by atoms with E-state index in [0.29, 0.717) is 29.1 Å². The van der Waals surface area contributed by atoms with Gasteiger partial charge >= 0.3 is 0 Å². The topological polar surface area (TPSA) is 30.2 Å². The summed E-state index contributed by atoms with van der Waals surface area (Å²) in [6.07, 6.45) is 15.4. The molecular weight excluding hydrogens is 260 g/mol. The highest BCUT2D eigenvalue weighted by Gasteiger charge is 2.57. The molecule has 1 spiro atoms. The third kappa shape index (κ3) is 1.51. The normalized spacial score (nSPS) is 46.6. The summed E-state index contributed by atoms with van der Waals surface area (Å²) in [4.78, 5) is 11.4. The highest BCUT2D eigenvalue weighted by molar-refractivity contribution is 5.56. The number of hydrogen-bond acceptors (Lipinski definition) is 2. The van der Waals surface area contributed by atoms with E-state index in [1.807, 2.05) is 6.26 Å². The van der Waals surface area contributed by atoms with Crippen molar-refractivity contribution >= 4 is 12.4 Å². The molecule has 1 aromatic rings. The van der Waals surface area contributed by atoms with Crippen molar-refractivity contribution < 1.29 is 9.21 Å². The van der Waals surface area contributed by atoms with Gasteiger partial charge in [0.05, 0.1) is 6.26 Å². The first kappa shape index (κ1) is 12.3. The van der Waals surface area contributed by atoms with Gasteiger partial charge < -0.3 is 9.21 Å². The summed E-state index contributed by atoms with van der Waals surface area (Å²) in [5.41, 5.74) is 1.91. The highest BCUT2D eigenvalue weighted by Crippen LogP contribution is 2.66. The lowest BCUT2D eigenvalue weighted by molar-refractivity contribution is -0.112. The molecule has 1 aromatic heterocycles. The first-order valence-electron chi connectivity index (χ1n) is 8.52. The molecule has 4 aliphatic carbocycles. The molecule has 0 aliphatic heterocycles. The van der Waals surface area contributed by atoms with Crippen LogP contribution in [-0.2, 0) is 4.79 Å². The Hall–Kier alpha value is -1.31. The molecule has 5 rings (SSSR count). The number of rotatable bonds is 1. The van der Waals surface area contributed by atoms with Gasteiger partial charge in [-0.05, 0) is 79.8 Å². The molecule has 6 atom stereocenters. The maximum atomic E-state index is 11.4. The predicted octanol–water partition coefficient (Wildman–Crippen LogP) is 4.42. The Balaban J connectivity index is 1.53. The van der Waals surface area contributed by atoms with Crippen LogP contribution >= 0.6 is 0 Å². The molecule has 3 fully saturated rings. The number of allylic oxidation sites excluding steroid dienone is 1. The van der Waals surface area contributed by atoms with Gasteiger partial charge in [-0.3, -0.25) is 0 Å². The maximum absolute atomic E-state index is 11.4. The molecule has 2 heteroatoms. The van der Waals surface area contributed by atoms with Crippen LogP contribution in [0.2, 0.25) is 0 Å². The van der Waals surface area contributed by atoms with E-state index in [1.54, 1.807) is 0 Å². The molecule has 4 aliphatic rings. The van der Waals surface area contributed by atoms with Gasteiger partial charge in [-0.2, -0.15) is 0 Å². The van der Waals surface area contributed by atoms with Crippen LogP contribution in [0.25, 0.3) is 6.08 Å². The zero-order valence-electron chi connectivity index (χ0n) is 12.3. The maximum Gasteiger partial charge on any atom is 0.129 e. The lowest BCUT2D eigenvalue weighted by Crippen LogP contribution is -2.43. The molecule has 5 unspecified atom stereocenters. The van der Waals surface area contributed by atoms with Crippen LogP contribution in [0.3, 0.4) is 0 Å². The van der Waals surface area contributed by atoms with Crippen molar-refractivity contribution in [3.63, 3.8) is 0 Å². The molecule has 21 heavy (non-hydrogen) atoms. The van der Waals surface area contributed by atoms with Crippen LogP contribution in [0.5, 0.6) is 0 Å². The van der Waals surface area contributed by atoms with Crippen molar-refractivity contribution in [2.75, 3.05) is 0 Å². The summed E-state index contributed by atoms with van der Waals surface area (Å²) in [6, 6.07) is 2.18. The Morgan fingerprint density at radius 3 is 3.10 bits per heavy atom. The summed E-state index contributed by atoms with van der Waals surface area (Å²) in [6.45, 7) is 0. The van der Waals surface area contributed by atoms with E-state index < -0.39 is 0 Å². The standard InChI is InChI=1S/C19H22O2/c20-11-13-10-19-7-5-14-15(17(19)3-1-12(13)9-19)2-4-18-16(14)6-8-21-18/h2,4,6,8,11-15,17H,1,3,5,7,9-10H2/t12?,13-,14?,15?,17?,19?/m1/s1. The molecule has 0 amide bonds. The monoisotopic (exact) mass is 282 g/mol. The van der Waals surface area contributed by atoms with Crippen molar-refractivity contribution in [3.05, 3.63) is 29.7 Å². The van der Waals surface area contributed by atoms with E-state index in [2.05, 4.69) is 18.2 Å². The Morgan fingerprint density at radius 2 is 2.19 bits per heavy atom. The van der Waals surface area contributed by atoms with Crippen LogP contribution < -0.4 is 0 Å². The van der Waals surface area contributed by atoms with E-state index >= 15 is 0 Å². The number of hydrogen-bond donors (Lipinski definition) is 0. The molecule has 0 saturated heterocycles. The number of furan rings is 1. The SMILES string of the molecule is O=C[C@H]1CC23CCC4c5ccoc5C=CC4C2CCC1C3. The van der Waals surface area contributed by atoms with E-state index in [-0.39, 0.29) is 0 Å². The lowest BCUT2D eigenvalue weighted by Gasteiger charge is -2.52. The van der Waals surface area contributed by atoms with E-state index in [0.717, 1.165) is 11.7 Å². The van der Waals surface area contributed by atoms with Gasteiger partial charge in [0.15, 0.2) is 0 Å². The van der Waals surface area contributed by atoms with Gasteiger partial charge in [0, 0.05) is 11.5 Å². The Bertz CT molecular complexity index is 613. The first-order chi connectivity index (χ1) is 10.3. The van der Waals surface area contributed by atoms with Crippen molar-refractivity contribution in [3.8, 4) is 0 Å². The molecule has 0 radical (unpaired) electrons. The summed E-state index contributed by atoms with van der Waals surface area (Å²) in [5.74, 6) is 4.24. The van der Waals surface area contributed by atoms with Gasteiger partial charge in [0.2, 0.25) is 0 Å². The summed E-state index contributed by atoms with van der Waals surface area (Å²) in [5, 5.41) is 0. The number of fused-ring (bicyclic) bond motifs is 5. The molecular formula is C19H22O2. The van der Waals surface area contributed by atoms with E-state index in [9.17, 15) is 4.79 Å². The van der Waals surface area contributed by atoms with Crippen molar-refractivity contribution in [1.82, 2.24) is 0 Å². The zero-order chi connectivity index (χ0) is 14.0. The smallest absolute Gasteiger partial charge is 0.129 e. The average molecular weight is 282 g/mol. The largest absolute Gasteiger partial charge is 0.465 e. The van der Waals surface area contributed by atoms with Gasteiger partial charge in [0.1, 0.15) is 12.0 Å². The fourth-order valence-corrected chi connectivity index (χ4v) is 6.38. The third-order valence-electron chi connectivity index (χ3n) is 7.21. The minimum atomic E-state index is 0.351. The van der Waals surface area contributed by atoms with Gasteiger partial charge in [-0.1, -0.05) is 6.08 Å². The van der Waals surface area contributed by atoms with Gasteiger partial charge in [0.25, 0.3) is 0 Å². The van der Waals surface area contributed by atoms with Crippen molar-refractivity contribution in [2.45, 2.75) is 44.4 Å². The molecule has 3 saturated carbocycles. The minimum absolute atomic E-state index is 0.351. The molecule has 0 N–H and O–H groups in total. The van der Waals surface area contributed by atoms with Crippen LogP contribution in [0.15, 0.2) is 22.8 Å². The third-order valence-corrected chi connectivity index (χ3v) is 7.21. The average Bonchev–Trinajstić information content (AvgIpc) is 3.09. The Labute approximate surface area is 125 Å². The molecule has 2 bridgehead atoms. The zero-order valence-corrected chi connectivity index (χ0v) is 12.3. The van der Waals surface area contributed by atoms with Gasteiger partial charge in [-0.25, -0.2) is 0 Å². The molecule has 1 heterocycles. The molecule has 0 aromatic carbocycles. The van der Waals surface area contributed by atoms with Crippen molar-refractivity contribution in [1.29, 1.82) is 0 Å². The Kier molecular flexibility index (Phi) is 2.40. The number of carbonyl (C=O) groups is 1. The second-order valence-electron chi connectivity index (χ2n) is 7.84. The van der Waals surface area contributed by atoms with Crippen LogP contribution in [-0.4, -0.2) is 6.29 Å². The lowest BCUT2D eigenvalue weighted by atomic mass is 9.52. The first-order valence-corrected chi connectivity index (χ1v) is 8.52. The fraction of sp³-hybridized carbons (Fsp3) is 0.632. The van der Waals surface area contributed by atoms with Crippen LogP contribution in [0, 0.1) is 29.1 Å². The minimum Gasteiger partial charge on any atom is -0.465 e. The van der Waals surface area contributed by atoms with Crippen LogP contribution in [0.4, 0.5) is 0 Å². The molecule has 110 valence electrons. The summed E-state index contributed by atoms with van der Waals surface area (Å²) in [7, 11) is 0. The fourth-order valence-electron chi connectivity index (χ4n) is 6.38. The Morgan fingerprint density at radius 1 is 1.24 bits per heavy atom. The van der Waals surface area contributed by atoms with Gasteiger partial charge in [-0.15, -0.1) is 0 Å². The van der Waals surface area contributed by atoms with E-state index in [1.165, 1.54) is 50.4 Å². The predicted molar refractivity (Wildman–Crippen MR) is 80.6 cm³/mol.